The van der Waals surface area contributed by atoms with E-state index in [9.17, 15) is 9.59 Å². The van der Waals surface area contributed by atoms with Gasteiger partial charge in [-0.25, -0.2) is 0 Å². The first-order valence-electron chi connectivity index (χ1n) is 9.86. The minimum absolute atomic E-state index is 0.138. The van der Waals surface area contributed by atoms with Crippen molar-refractivity contribution in [3.8, 4) is 0 Å². The van der Waals surface area contributed by atoms with Gasteiger partial charge in [0, 0.05) is 25.9 Å². The van der Waals surface area contributed by atoms with Crippen LogP contribution in [0.3, 0.4) is 0 Å². The summed E-state index contributed by atoms with van der Waals surface area (Å²) in [6, 6.07) is 13.4. The average molecular weight is 432 g/mol. The predicted octanol–water partition coefficient (Wildman–Crippen LogP) is 4.66. The number of halogens is 2. The van der Waals surface area contributed by atoms with E-state index in [1.165, 1.54) is 0 Å². The van der Waals surface area contributed by atoms with E-state index < -0.39 is 5.66 Å². The molecule has 5 nitrogen and oxygen atoms in total. The molecule has 29 heavy (non-hydrogen) atoms. The van der Waals surface area contributed by atoms with Crippen molar-refractivity contribution in [2.24, 2.45) is 0 Å². The summed E-state index contributed by atoms with van der Waals surface area (Å²) in [6.07, 6.45) is 2.00. The number of carbonyl (C=O) groups excluding carboxylic acids is 2. The highest BCUT2D eigenvalue weighted by molar-refractivity contribution is 6.44. The second-order valence-electron chi connectivity index (χ2n) is 7.64. The first kappa shape index (κ1) is 20.0. The fourth-order valence-electron chi connectivity index (χ4n) is 4.26. The van der Waals surface area contributed by atoms with Gasteiger partial charge >= 0.3 is 0 Å². The van der Waals surface area contributed by atoms with Crippen molar-refractivity contribution >= 4 is 40.7 Å². The van der Waals surface area contributed by atoms with E-state index in [1.807, 2.05) is 42.2 Å². The zero-order valence-electron chi connectivity index (χ0n) is 16.2. The van der Waals surface area contributed by atoms with Gasteiger partial charge in [0.1, 0.15) is 5.66 Å². The summed E-state index contributed by atoms with van der Waals surface area (Å²) in [6.45, 7) is 3.19. The lowest BCUT2D eigenvalue weighted by Gasteiger charge is -2.46. The summed E-state index contributed by atoms with van der Waals surface area (Å²) in [4.78, 5) is 27.8. The van der Waals surface area contributed by atoms with Gasteiger partial charge in [0.15, 0.2) is 0 Å². The third-order valence-corrected chi connectivity index (χ3v) is 6.69. The molecular weight excluding hydrogens is 409 g/mol. The van der Waals surface area contributed by atoms with E-state index in [4.69, 9.17) is 23.2 Å². The number of piperidine rings is 1. The molecule has 2 aliphatic heterocycles. The second kappa shape index (κ2) is 7.88. The Kier molecular flexibility index (Phi) is 5.45. The normalized spacial score (nSPS) is 18.6. The highest BCUT2D eigenvalue weighted by Crippen LogP contribution is 2.38. The molecule has 0 aliphatic carbocycles. The Morgan fingerprint density at radius 3 is 2.45 bits per heavy atom. The van der Waals surface area contributed by atoms with Crippen LogP contribution in [0.2, 0.25) is 10.0 Å². The van der Waals surface area contributed by atoms with Crippen molar-refractivity contribution in [2.45, 2.75) is 37.8 Å². The van der Waals surface area contributed by atoms with E-state index >= 15 is 0 Å². The van der Waals surface area contributed by atoms with Crippen LogP contribution in [0.15, 0.2) is 42.5 Å². The number of hydrogen-bond donors (Lipinski definition) is 2. The quantitative estimate of drug-likeness (QED) is 0.742. The average Bonchev–Trinajstić information content (AvgIpc) is 2.72. The molecule has 7 heteroatoms. The first-order valence-corrected chi connectivity index (χ1v) is 10.6. The molecule has 2 aliphatic rings. The molecule has 2 aromatic carbocycles. The minimum Gasteiger partial charge on any atom is -0.362 e. The number of fused-ring (bicyclic) bond motifs is 1. The molecule has 2 heterocycles. The zero-order chi connectivity index (χ0) is 20.6. The van der Waals surface area contributed by atoms with Crippen molar-refractivity contribution in [2.75, 3.05) is 18.4 Å². The number of anilines is 1. The molecule has 0 saturated carbocycles. The molecule has 2 aromatic rings. The third-order valence-electron chi connectivity index (χ3n) is 5.89. The van der Waals surface area contributed by atoms with E-state index in [-0.39, 0.29) is 22.8 Å². The molecule has 2 N–H and O–H groups in total. The molecule has 1 fully saturated rings. The van der Waals surface area contributed by atoms with Gasteiger partial charge in [0.05, 0.1) is 27.2 Å². The molecule has 0 aromatic heterocycles. The minimum atomic E-state index is -0.577. The number of rotatable bonds is 3. The van der Waals surface area contributed by atoms with Gasteiger partial charge in [0.2, 0.25) is 5.91 Å². The standard InChI is InChI=1S/C22H23Cl2N3O2/c1-2-15(14-6-4-3-5-7-14)21(29)27-12-10-22(11-13-27)25-17-9-8-16(23)19(24)18(17)20(28)26-22/h3-9,15,25H,2,10-13H2,1H3,(H,26,28). The molecule has 0 bridgehead atoms. The summed E-state index contributed by atoms with van der Waals surface area (Å²) in [5, 5.41) is 7.10. The van der Waals surface area contributed by atoms with Crippen LogP contribution < -0.4 is 10.6 Å². The maximum Gasteiger partial charge on any atom is 0.256 e. The van der Waals surface area contributed by atoms with Crippen LogP contribution in [-0.4, -0.2) is 35.5 Å². The van der Waals surface area contributed by atoms with Crippen molar-refractivity contribution in [3.05, 3.63) is 63.6 Å². The summed E-state index contributed by atoms with van der Waals surface area (Å²) in [5.74, 6) is -0.228. The molecule has 1 saturated heterocycles. The zero-order valence-corrected chi connectivity index (χ0v) is 17.7. The van der Waals surface area contributed by atoms with Crippen LogP contribution >= 0.6 is 23.2 Å². The van der Waals surface area contributed by atoms with Gasteiger partial charge in [-0.1, -0.05) is 60.5 Å². The van der Waals surface area contributed by atoms with Crippen LogP contribution in [0, 0.1) is 0 Å². The van der Waals surface area contributed by atoms with Gasteiger partial charge < -0.3 is 15.5 Å². The van der Waals surface area contributed by atoms with Crippen molar-refractivity contribution in [1.29, 1.82) is 0 Å². The maximum absolute atomic E-state index is 13.1. The third kappa shape index (κ3) is 3.69. The SMILES string of the molecule is CCC(C(=O)N1CCC2(CC1)NC(=O)c1c(ccc(Cl)c1Cl)N2)c1ccccc1. The number of nitrogens with one attached hydrogen (secondary N) is 2. The van der Waals surface area contributed by atoms with Gasteiger partial charge in [-0.2, -0.15) is 0 Å². The monoisotopic (exact) mass is 431 g/mol. The van der Waals surface area contributed by atoms with Crippen LogP contribution in [-0.2, 0) is 4.79 Å². The Morgan fingerprint density at radius 1 is 1.10 bits per heavy atom. The lowest BCUT2D eigenvalue weighted by atomic mass is 9.90. The number of nitrogens with zero attached hydrogens (tertiary/aromatic N) is 1. The van der Waals surface area contributed by atoms with Crippen molar-refractivity contribution in [3.63, 3.8) is 0 Å². The van der Waals surface area contributed by atoms with E-state index in [0.29, 0.717) is 42.2 Å². The van der Waals surface area contributed by atoms with E-state index in [0.717, 1.165) is 12.0 Å². The molecule has 0 radical (unpaired) electrons. The van der Waals surface area contributed by atoms with Crippen molar-refractivity contribution in [1.82, 2.24) is 10.2 Å². The fourth-order valence-corrected chi connectivity index (χ4v) is 4.67. The van der Waals surface area contributed by atoms with E-state index in [2.05, 4.69) is 10.6 Å². The Labute approximate surface area is 180 Å². The summed E-state index contributed by atoms with van der Waals surface area (Å²) >= 11 is 12.3. The van der Waals surface area contributed by atoms with Gasteiger partial charge in [-0.15, -0.1) is 0 Å². The lowest BCUT2D eigenvalue weighted by molar-refractivity contribution is -0.134. The Balaban J connectivity index is 1.48. The van der Waals surface area contributed by atoms with Gasteiger partial charge in [0.25, 0.3) is 5.91 Å². The van der Waals surface area contributed by atoms with Crippen LogP contribution in [0.1, 0.15) is 48.0 Å². The molecular formula is C22H23Cl2N3O2. The molecule has 2 amide bonds. The first-order chi connectivity index (χ1) is 13.9. The number of likely N-dealkylation sites (tertiary alicyclic amines) is 1. The largest absolute Gasteiger partial charge is 0.362 e. The number of carbonyl (C=O) groups is 2. The smallest absolute Gasteiger partial charge is 0.256 e. The number of amides is 2. The Bertz CT molecular complexity index is 941. The van der Waals surface area contributed by atoms with Gasteiger partial charge in [-0.3, -0.25) is 9.59 Å². The summed E-state index contributed by atoms with van der Waals surface area (Å²) in [5.41, 5.74) is 1.52. The van der Waals surface area contributed by atoms with Crippen LogP contribution in [0.4, 0.5) is 5.69 Å². The summed E-state index contributed by atoms with van der Waals surface area (Å²) in [7, 11) is 0. The molecule has 4 rings (SSSR count). The van der Waals surface area contributed by atoms with Crippen LogP contribution in [0.25, 0.3) is 0 Å². The van der Waals surface area contributed by atoms with E-state index in [1.54, 1.807) is 12.1 Å². The highest BCUT2D eigenvalue weighted by atomic mass is 35.5. The second-order valence-corrected chi connectivity index (χ2v) is 8.43. The van der Waals surface area contributed by atoms with Crippen molar-refractivity contribution < 1.29 is 9.59 Å². The Morgan fingerprint density at radius 2 is 1.79 bits per heavy atom. The molecule has 1 atom stereocenters. The lowest BCUT2D eigenvalue weighted by Crippen LogP contribution is -2.63. The Hall–Kier alpha value is -2.24. The predicted molar refractivity (Wildman–Crippen MR) is 116 cm³/mol. The highest BCUT2D eigenvalue weighted by Gasteiger charge is 2.42. The topological polar surface area (TPSA) is 61.4 Å². The molecule has 1 spiro atoms. The fraction of sp³-hybridized carbons (Fsp3) is 0.364. The van der Waals surface area contributed by atoms with Gasteiger partial charge in [-0.05, 0) is 24.1 Å². The van der Waals surface area contributed by atoms with Crippen LogP contribution in [0.5, 0.6) is 0 Å². The molecule has 152 valence electrons. The number of benzene rings is 2. The maximum atomic E-state index is 13.1. The molecule has 1 unspecified atom stereocenters. The summed E-state index contributed by atoms with van der Waals surface area (Å²) < 4.78 is 0. The number of hydrogen-bond acceptors (Lipinski definition) is 3.